The summed E-state index contributed by atoms with van der Waals surface area (Å²) in [5, 5.41) is 1.02. The third-order valence-corrected chi connectivity index (χ3v) is 4.88. The number of nitrogens with zero attached hydrogens (tertiary/aromatic N) is 2. The fourth-order valence-corrected chi connectivity index (χ4v) is 3.47. The molecular weight excluding hydrogens is 304 g/mol. The van der Waals surface area contributed by atoms with Crippen molar-refractivity contribution in [2.24, 2.45) is 0 Å². The van der Waals surface area contributed by atoms with Crippen LogP contribution in [0.2, 0.25) is 0 Å². The summed E-state index contributed by atoms with van der Waals surface area (Å²) in [5.74, 6) is 1.64. The molecule has 0 saturated carbocycles. The van der Waals surface area contributed by atoms with Crippen molar-refractivity contribution >= 4 is 11.8 Å². The number of hydrogen-bond donors (Lipinski definition) is 0. The van der Waals surface area contributed by atoms with Gasteiger partial charge in [-0.15, -0.1) is 18.3 Å². The average molecular weight is 326 g/mol. The van der Waals surface area contributed by atoms with Crippen LogP contribution in [0.3, 0.4) is 0 Å². The zero-order valence-electron chi connectivity index (χ0n) is 13.9. The number of aromatic nitrogens is 2. The zero-order chi connectivity index (χ0) is 16.4. The molecule has 1 aromatic carbocycles. The van der Waals surface area contributed by atoms with Gasteiger partial charge < -0.3 is 4.74 Å². The quantitative estimate of drug-likeness (QED) is 0.468. The second-order valence-corrected chi connectivity index (χ2v) is 7.48. The summed E-state index contributed by atoms with van der Waals surface area (Å²) in [6.07, 6.45) is 2.71. The third-order valence-electron chi connectivity index (χ3n) is 3.87. The van der Waals surface area contributed by atoms with Crippen molar-refractivity contribution in [3.8, 4) is 11.4 Å². The van der Waals surface area contributed by atoms with Crippen LogP contribution in [-0.2, 0) is 17.8 Å². The highest BCUT2D eigenvalue weighted by molar-refractivity contribution is 7.99. The van der Waals surface area contributed by atoms with Crippen LogP contribution in [0.5, 0.6) is 0 Å². The molecule has 1 aliphatic rings. The number of benzene rings is 1. The van der Waals surface area contributed by atoms with Gasteiger partial charge in [-0.05, 0) is 26.8 Å². The van der Waals surface area contributed by atoms with E-state index in [1.54, 1.807) is 11.8 Å². The molecule has 4 heteroatoms. The van der Waals surface area contributed by atoms with Crippen molar-refractivity contribution in [1.82, 2.24) is 9.97 Å². The number of fused-ring (bicyclic) bond motifs is 1. The molecule has 0 amide bonds. The third kappa shape index (κ3) is 3.65. The molecule has 120 valence electrons. The maximum Gasteiger partial charge on any atom is 0.160 e. The molecule has 2 aromatic rings. The molecule has 3 nitrogen and oxygen atoms in total. The number of thioether (sulfide) groups is 1. The molecule has 0 atom stereocenters. The summed E-state index contributed by atoms with van der Waals surface area (Å²) < 4.78 is 5.96. The minimum atomic E-state index is -0.175. The first-order valence-corrected chi connectivity index (χ1v) is 8.81. The van der Waals surface area contributed by atoms with Crippen LogP contribution >= 0.6 is 11.8 Å². The van der Waals surface area contributed by atoms with Gasteiger partial charge in [0.25, 0.3) is 0 Å². The lowest BCUT2D eigenvalue weighted by molar-refractivity contribution is -0.0428. The Hall–Kier alpha value is -1.65. The molecule has 1 aromatic heterocycles. The largest absolute Gasteiger partial charge is 0.370 e. The first-order chi connectivity index (χ1) is 11.0. The van der Waals surface area contributed by atoms with Gasteiger partial charge in [0.15, 0.2) is 5.82 Å². The van der Waals surface area contributed by atoms with Crippen LogP contribution in [0.1, 0.15) is 30.7 Å². The molecule has 23 heavy (non-hydrogen) atoms. The highest BCUT2D eigenvalue weighted by Gasteiger charge is 2.30. The lowest BCUT2D eigenvalue weighted by Gasteiger charge is -2.32. The van der Waals surface area contributed by atoms with Crippen molar-refractivity contribution in [1.29, 1.82) is 0 Å². The molecule has 3 rings (SSSR count). The Morgan fingerprint density at radius 3 is 2.91 bits per heavy atom. The molecule has 0 N–H and O–H groups in total. The Bertz CT molecular complexity index is 740. The van der Waals surface area contributed by atoms with Crippen molar-refractivity contribution in [3.05, 3.63) is 53.7 Å². The molecule has 0 bridgehead atoms. The van der Waals surface area contributed by atoms with Crippen molar-refractivity contribution in [2.75, 3.05) is 5.75 Å². The summed E-state index contributed by atoms with van der Waals surface area (Å²) in [6, 6.07) is 8.35. The van der Waals surface area contributed by atoms with Crippen molar-refractivity contribution in [3.63, 3.8) is 0 Å². The van der Waals surface area contributed by atoms with Crippen LogP contribution in [-0.4, -0.2) is 21.3 Å². The van der Waals surface area contributed by atoms with E-state index in [1.807, 2.05) is 6.08 Å². The van der Waals surface area contributed by atoms with E-state index in [9.17, 15) is 0 Å². The standard InChI is InChI=1S/C19H22N2OS/c1-5-9-23-18-15-12-22-19(3,4)11-16(15)20-17(21-18)14-8-6-7-13(2)10-14/h5-8,10H,1,9,11-12H2,2-4H3. The van der Waals surface area contributed by atoms with Crippen LogP contribution in [0, 0.1) is 6.92 Å². The lowest BCUT2D eigenvalue weighted by Crippen LogP contribution is -2.33. The molecule has 2 heterocycles. The van der Waals surface area contributed by atoms with Gasteiger partial charge >= 0.3 is 0 Å². The summed E-state index contributed by atoms with van der Waals surface area (Å²) in [4.78, 5) is 9.67. The van der Waals surface area contributed by atoms with Gasteiger partial charge in [0.1, 0.15) is 5.03 Å². The van der Waals surface area contributed by atoms with E-state index in [0.717, 1.165) is 39.8 Å². The highest BCUT2D eigenvalue weighted by Crippen LogP contribution is 2.34. The molecule has 0 saturated heterocycles. The average Bonchev–Trinajstić information content (AvgIpc) is 2.51. The minimum absolute atomic E-state index is 0.175. The Kier molecular flexibility index (Phi) is 4.55. The van der Waals surface area contributed by atoms with E-state index in [2.05, 4.69) is 51.6 Å². The topological polar surface area (TPSA) is 35.0 Å². The van der Waals surface area contributed by atoms with E-state index >= 15 is 0 Å². The van der Waals surface area contributed by atoms with Crippen molar-refractivity contribution in [2.45, 2.75) is 44.4 Å². The highest BCUT2D eigenvalue weighted by atomic mass is 32.2. The maximum absolute atomic E-state index is 5.96. The first kappa shape index (κ1) is 16.2. The predicted molar refractivity (Wildman–Crippen MR) is 95.7 cm³/mol. The van der Waals surface area contributed by atoms with E-state index in [0.29, 0.717) is 6.61 Å². The number of aryl methyl sites for hydroxylation is 1. The fraction of sp³-hybridized carbons (Fsp3) is 0.368. The van der Waals surface area contributed by atoms with E-state index in [4.69, 9.17) is 14.7 Å². The lowest BCUT2D eigenvalue weighted by atomic mass is 9.96. The maximum atomic E-state index is 5.96. The van der Waals surface area contributed by atoms with Gasteiger partial charge in [0, 0.05) is 23.3 Å². The molecule has 0 unspecified atom stereocenters. The summed E-state index contributed by atoms with van der Waals surface area (Å²) >= 11 is 1.70. The van der Waals surface area contributed by atoms with Gasteiger partial charge in [-0.25, -0.2) is 9.97 Å². The minimum Gasteiger partial charge on any atom is -0.370 e. The normalized spacial score (nSPS) is 16.0. The van der Waals surface area contributed by atoms with Crippen LogP contribution in [0.15, 0.2) is 41.9 Å². The van der Waals surface area contributed by atoms with Gasteiger partial charge in [0.2, 0.25) is 0 Å². The molecule has 0 radical (unpaired) electrons. The van der Waals surface area contributed by atoms with Crippen molar-refractivity contribution < 1.29 is 4.74 Å². The fourth-order valence-electron chi connectivity index (χ4n) is 2.69. The molecule has 1 aliphatic heterocycles. The Labute approximate surface area is 142 Å². The van der Waals surface area contributed by atoms with Gasteiger partial charge in [-0.1, -0.05) is 29.8 Å². The van der Waals surface area contributed by atoms with E-state index in [1.165, 1.54) is 5.56 Å². The van der Waals surface area contributed by atoms with E-state index < -0.39 is 0 Å². The number of rotatable bonds is 4. The van der Waals surface area contributed by atoms with Gasteiger partial charge in [0.05, 0.1) is 17.9 Å². The monoisotopic (exact) mass is 326 g/mol. The smallest absolute Gasteiger partial charge is 0.160 e. The predicted octanol–water partition coefficient (Wildman–Crippen LogP) is 4.58. The van der Waals surface area contributed by atoms with Crippen LogP contribution in [0.25, 0.3) is 11.4 Å². The van der Waals surface area contributed by atoms with Gasteiger partial charge in [-0.3, -0.25) is 0 Å². The summed E-state index contributed by atoms with van der Waals surface area (Å²) in [6.45, 7) is 10.7. The van der Waals surface area contributed by atoms with Crippen LogP contribution in [0.4, 0.5) is 0 Å². The number of ether oxygens (including phenoxy) is 1. The summed E-state index contributed by atoms with van der Waals surface area (Å²) in [5.41, 5.74) is 4.35. The molecule has 0 spiro atoms. The van der Waals surface area contributed by atoms with Crippen LogP contribution < -0.4 is 0 Å². The SMILES string of the molecule is C=CCSc1nc(-c2cccc(C)c2)nc2c1COC(C)(C)C2. The zero-order valence-corrected chi connectivity index (χ0v) is 14.7. The molecule has 0 aliphatic carbocycles. The first-order valence-electron chi connectivity index (χ1n) is 7.83. The van der Waals surface area contributed by atoms with Gasteiger partial charge in [-0.2, -0.15) is 0 Å². The number of hydrogen-bond acceptors (Lipinski definition) is 4. The second kappa shape index (κ2) is 6.46. The Balaban J connectivity index is 2.09. The Morgan fingerprint density at radius 2 is 2.17 bits per heavy atom. The molecular formula is C19H22N2OS. The molecule has 0 fully saturated rings. The summed E-state index contributed by atoms with van der Waals surface area (Å²) in [7, 11) is 0. The Morgan fingerprint density at radius 1 is 1.35 bits per heavy atom. The van der Waals surface area contributed by atoms with E-state index in [-0.39, 0.29) is 5.60 Å². The second-order valence-electron chi connectivity index (χ2n) is 6.47.